The van der Waals surface area contributed by atoms with Gasteiger partial charge in [-0.05, 0) is 38.9 Å². The number of rotatable bonds is 8. The molecule has 0 saturated carbocycles. The lowest BCUT2D eigenvalue weighted by Gasteiger charge is -2.29. The molecule has 0 fully saturated rings. The standard InChI is InChI=1S/C18H32N2/c1-7-14(3)12-20(8-2)13-18(19-6)17-10-15(4)9-16(5)11-17/h9-11,14,18-19H,7-8,12-13H2,1-6H3. The van der Waals surface area contributed by atoms with E-state index in [4.69, 9.17) is 0 Å². The summed E-state index contributed by atoms with van der Waals surface area (Å²) in [5.74, 6) is 0.770. The molecule has 2 nitrogen and oxygen atoms in total. The number of benzene rings is 1. The predicted molar refractivity (Wildman–Crippen MR) is 89.3 cm³/mol. The summed E-state index contributed by atoms with van der Waals surface area (Å²) in [4.78, 5) is 2.56. The molecule has 1 rings (SSSR count). The molecule has 1 aromatic carbocycles. The van der Waals surface area contributed by atoms with Gasteiger partial charge in [0, 0.05) is 19.1 Å². The van der Waals surface area contributed by atoms with Crippen LogP contribution in [0.3, 0.4) is 0 Å². The smallest absolute Gasteiger partial charge is 0.0447 e. The van der Waals surface area contributed by atoms with E-state index in [-0.39, 0.29) is 0 Å². The van der Waals surface area contributed by atoms with Crippen LogP contribution in [0.25, 0.3) is 0 Å². The normalized spacial score (nSPS) is 14.6. The van der Waals surface area contributed by atoms with Crippen LogP contribution in [0.1, 0.15) is 49.9 Å². The van der Waals surface area contributed by atoms with Gasteiger partial charge in [0.05, 0.1) is 0 Å². The number of hydrogen-bond donors (Lipinski definition) is 1. The van der Waals surface area contributed by atoms with Crippen molar-refractivity contribution in [1.82, 2.24) is 10.2 Å². The van der Waals surface area contributed by atoms with Crippen molar-refractivity contribution in [3.8, 4) is 0 Å². The van der Waals surface area contributed by atoms with Crippen molar-refractivity contribution in [1.29, 1.82) is 0 Å². The Morgan fingerprint density at radius 2 is 1.65 bits per heavy atom. The first-order chi connectivity index (χ1) is 9.49. The number of likely N-dealkylation sites (N-methyl/N-ethyl adjacent to an activating group) is 2. The third-order valence-corrected chi connectivity index (χ3v) is 4.15. The molecule has 0 aliphatic heterocycles. The molecule has 0 saturated heterocycles. The van der Waals surface area contributed by atoms with E-state index >= 15 is 0 Å². The van der Waals surface area contributed by atoms with Crippen LogP contribution in [0, 0.1) is 19.8 Å². The monoisotopic (exact) mass is 276 g/mol. The third kappa shape index (κ3) is 5.26. The minimum atomic E-state index is 0.414. The van der Waals surface area contributed by atoms with Gasteiger partial charge in [0.25, 0.3) is 0 Å². The fourth-order valence-corrected chi connectivity index (χ4v) is 2.74. The van der Waals surface area contributed by atoms with Gasteiger partial charge in [-0.1, -0.05) is 56.5 Å². The maximum atomic E-state index is 3.49. The molecular formula is C18H32N2. The van der Waals surface area contributed by atoms with Crippen molar-refractivity contribution in [2.45, 2.75) is 47.1 Å². The fourth-order valence-electron chi connectivity index (χ4n) is 2.74. The van der Waals surface area contributed by atoms with Crippen molar-refractivity contribution in [2.75, 3.05) is 26.7 Å². The van der Waals surface area contributed by atoms with E-state index in [1.165, 1.54) is 29.7 Å². The van der Waals surface area contributed by atoms with Crippen LogP contribution in [-0.4, -0.2) is 31.6 Å². The molecule has 0 amide bonds. The summed E-state index contributed by atoms with van der Waals surface area (Å²) in [6.45, 7) is 14.6. The van der Waals surface area contributed by atoms with Gasteiger partial charge in [0.15, 0.2) is 0 Å². The van der Waals surface area contributed by atoms with E-state index in [1.54, 1.807) is 0 Å². The highest BCUT2D eigenvalue weighted by Gasteiger charge is 2.15. The molecule has 114 valence electrons. The van der Waals surface area contributed by atoms with E-state index in [9.17, 15) is 0 Å². The Morgan fingerprint density at radius 3 is 2.10 bits per heavy atom. The molecule has 0 radical (unpaired) electrons. The summed E-state index contributed by atoms with van der Waals surface area (Å²) in [5.41, 5.74) is 4.11. The predicted octanol–water partition coefficient (Wildman–Crippen LogP) is 3.93. The van der Waals surface area contributed by atoms with Crippen LogP contribution in [0.2, 0.25) is 0 Å². The third-order valence-electron chi connectivity index (χ3n) is 4.15. The number of nitrogens with one attached hydrogen (secondary N) is 1. The highest BCUT2D eigenvalue weighted by atomic mass is 15.1. The lowest BCUT2D eigenvalue weighted by Crippen LogP contribution is -2.36. The minimum Gasteiger partial charge on any atom is -0.312 e. The molecule has 1 N–H and O–H groups in total. The second-order valence-electron chi connectivity index (χ2n) is 6.13. The van der Waals surface area contributed by atoms with Crippen LogP contribution >= 0.6 is 0 Å². The Bertz CT molecular complexity index is 380. The summed E-state index contributed by atoms with van der Waals surface area (Å²) in [5, 5.41) is 3.49. The first-order valence-electron chi connectivity index (χ1n) is 7.97. The van der Waals surface area contributed by atoms with Crippen molar-refractivity contribution in [2.24, 2.45) is 5.92 Å². The molecule has 20 heavy (non-hydrogen) atoms. The highest BCUT2D eigenvalue weighted by Crippen LogP contribution is 2.18. The molecule has 0 aromatic heterocycles. The molecule has 2 atom stereocenters. The van der Waals surface area contributed by atoms with Gasteiger partial charge < -0.3 is 10.2 Å². The van der Waals surface area contributed by atoms with Crippen molar-refractivity contribution >= 4 is 0 Å². The number of hydrogen-bond acceptors (Lipinski definition) is 2. The Balaban J connectivity index is 2.78. The summed E-state index contributed by atoms with van der Waals surface area (Å²) in [7, 11) is 2.07. The molecule has 2 heteroatoms. The lowest BCUT2D eigenvalue weighted by atomic mass is 10.0. The minimum absolute atomic E-state index is 0.414. The quantitative estimate of drug-likeness (QED) is 0.774. The van der Waals surface area contributed by atoms with E-state index < -0.39 is 0 Å². The van der Waals surface area contributed by atoms with Gasteiger partial charge in [-0.2, -0.15) is 0 Å². The van der Waals surface area contributed by atoms with Gasteiger partial charge in [-0.3, -0.25) is 0 Å². The van der Waals surface area contributed by atoms with Crippen LogP contribution in [-0.2, 0) is 0 Å². The van der Waals surface area contributed by atoms with Gasteiger partial charge in [-0.25, -0.2) is 0 Å². The molecular weight excluding hydrogens is 244 g/mol. The Kier molecular flexibility index (Phi) is 7.25. The summed E-state index contributed by atoms with van der Waals surface area (Å²) in [6.07, 6.45) is 1.25. The molecule has 0 bridgehead atoms. The molecule has 0 spiro atoms. The molecule has 1 aromatic rings. The summed E-state index contributed by atoms with van der Waals surface area (Å²) < 4.78 is 0. The molecule has 0 aliphatic carbocycles. The van der Waals surface area contributed by atoms with Gasteiger partial charge in [0.2, 0.25) is 0 Å². The van der Waals surface area contributed by atoms with Gasteiger partial charge in [0.1, 0.15) is 0 Å². The highest BCUT2D eigenvalue weighted by molar-refractivity contribution is 5.30. The lowest BCUT2D eigenvalue weighted by molar-refractivity contribution is 0.223. The second kappa shape index (κ2) is 8.43. The zero-order valence-electron chi connectivity index (χ0n) is 14.2. The van der Waals surface area contributed by atoms with Crippen LogP contribution in [0.4, 0.5) is 0 Å². The topological polar surface area (TPSA) is 15.3 Å². The zero-order valence-corrected chi connectivity index (χ0v) is 14.2. The summed E-state index contributed by atoms with van der Waals surface area (Å²) in [6, 6.07) is 7.28. The molecule has 0 heterocycles. The number of nitrogens with zero attached hydrogens (tertiary/aromatic N) is 1. The first-order valence-corrected chi connectivity index (χ1v) is 7.97. The van der Waals surface area contributed by atoms with E-state index in [2.05, 4.69) is 70.1 Å². The van der Waals surface area contributed by atoms with E-state index in [0.717, 1.165) is 19.0 Å². The maximum absolute atomic E-state index is 3.49. The largest absolute Gasteiger partial charge is 0.312 e. The maximum Gasteiger partial charge on any atom is 0.0447 e. The van der Waals surface area contributed by atoms with Gasteiger partial charge >= 0.3 is 0 Å². The van der Waals surface area contributed by atoms with Gasteiger partial charge in [-0.15, -0.1) is 0 Å². The van der Waals surface area contributed by atoms with Crippen LogP contribution < -0.4 is 5.32 Å². The number of aryl methyl sites for hydroxylation is 2. The van der Waals surface area contributed by atoms with E-state index in [0.29, 0.717) is 6.04 Å². The van der Waals surface area contributed by atoms with Crippen molar-refractivity contribution in [3.63, 3.8) is 0 Å². The molecule has 2 unspecified atom stereocenters. The first kappa shape index (κ1) is 17.2. The van der Waals surface area contributed by atoms with Crippen molar-refractivity contribution in [3.05, 3.63) is 34.9 Å². The second-order valence-corrected chi connectivity index (χ2v) is 6.13. The average Bonchev–Trinajstić information content (AvgIpc) is 2.41. The zero-order chi connectivity index (χ0) is 15.1. The Morgan fingerprint density at radius 1 is 1.05 bits per heavy atom. The summed E-state index contributed by atoms with van der Waals surface area (Å²) >= 11 is 0. The Labute approximate surface area is 125 Å². The van der Waals surface area contributed by atoms with E-state index in [1.807, 2.05) is 0 Å². The fraction of sp³-hybridized carbons (Fsp3) is 0.667. The van der Waals surface area contributed by atoms with Crippen molar-refractivity contribution < 1.29 is 0 Å². The SMILES string of the molecule is CCC(C)CN(CC)CC(NC)c1cc(C)cc(C)c1. The molecule has 0 aliphatic rings. The Hall–Kier alpha value is -0.860. The van der Waals surface area contributed by atoms with Crippen LogP contribution in [0.15, 0.2) is 18.2 Å². The average molecular weight is 276 g/mol. The van der Waals surface area contributed by atoms with Crippen LogP contribution in [0.5, 0.6) is 0 Å².